The number of hydrogen-bond acceptors (Lipinski definition) is 4. The number of ether oxygens (including phenoxy) is 1. The van der Waals surface area contributed by atoms with E-state index in [9.17, 15) is 14.4 Å². The van der Waals surface area contributed by atoms with Crippen molar-refractivity contribution in [1.29, 1.82) is 0 Å². The lowest BCUT2D eigenvalue weighted by Crippen LogP contribution is -2.44. The smallest absolute Gasteiger partial charge is 0.251 e. The molecule has 8 heteroatoms. The Morgan fingerprint density at radius 3 is 2.55 bits per heavy atom. The van der Waals surface area contributed by atoms with Gasteiger partial charge in [-0.2, -0.15) is 0 Å². The van der Waals surface area contributed by atoms with E-state index in [0.29, 0.717) is 30.0 Å². The maximum Gasteiger partial charge on any atom is 0.251 e. The summed E-state index contributed by atoms with van der Waals surface area (Å²) in [5, 5.41) is 9.38. The molecule has 1 saturated heterocycles. The SMILES string of the molecule is CCc1c(C)cc(NC(=O)C(NC(=O)C2CCNC(=O)C2)c2ccc(OC)cc2)c([Si])c1C. The molecule has 2 aromatic rings. The summed E-state index contributed by atoms with van der Waals surface area (Å²) >= 11 is 0. The second-order valence-corrected chi connectivity index (χ2v) is 8.82. The lowest BCUT2D eigenvalue weighted by molar-refractivity contribution is -0.134. The minimum atomic E-state index is -0.925. The van der Waals surface area contributed by atoms with Gasteiger partial charge in [-0.15, -0.1) is 0 Å². The van der Waals surface area contributed by atoms with Gasteiger partial charge in [-0.3, -0.25) is 14.4 Å². The van der Waals surface area contributed by atoms with E-state index >= 15 is 0 Å². The van der Waals surface area contributed by atoms with Gasteiger partial charge in [0.1, 0.15) is 11.8 Å². The Morgan fingerprint density at radius 1 is 1.24 bits per heavy atom. The zero-order valence-corrected chi connectivity index (χ0v) is 20.5. The van der Waals surface area contributed by atoms with E-state index in [4.69, 9.17) is 4.74 Å². The third-order valence-electron chi connectivity index (χ3n) is 6.16. The Morgan fingerprint density at radius 2 is 1.94 bits per heavy atom. The molecule has 0 aliphatic carbocycles. The fourth-order valence-electron chi connectivity index (χ4n) is 4.24. The van der Waals surface area contributed by atoms with Crippen molar-refractivity contribution < 1.29 is 19.1 Å². The summed E-state index contributed by atoms with van der Waals surface area (Å²) in [4.78, 5) is 38.1. The molecule has 1 heterocycles. The molecule has 2 aromatic carbocycles. The average Bonchev–Trinajstić information content (AvgIpc) is 2.81. The van der Waals surface area contributed by atoms with Gasteiger partial charge in [-0.25, -0.2) is 0 Å². The van der Waals surface area contributed by atoms with Crippen LogP contribution in [0.15, 0.2) is 30.3 Å². The number of benzene rings is 2. The van der Waals surface area contributed by atoms with Crippen LogP contribution in [0.4, 0.5) is 5.69 Å². The van der Waals surface area contributed by atoms with Gasteiger partial charge in [0.25, 0.3) is 5.91 Å². The van der Waals surface area contributed by atoms with E-state index in [1.165, 1.54) is 5.56 Å². The number of carbonyl (C=O) groups is 3. The Labute approximate surface area is 198 Å². The molecule has 0 aromatic heterocycles. The topological polar surface area (TPSA) is 96.5 Å². The number of nitrogens with one attached hydrogen (secondary N) is 3. The van der Waals surface area contributed by atoms with Gasteiger partial charge in [0.2, 0.25) is 11.8 Å². The molecule has 1 aliphatic rings. The van der Waals surface area contributed by atoms with Crippen LogP contribution >= 0.6 is 0 Å². The van der Waals surface area contributed by atoms with Crippen molar-refractivity contribution in [3.8, 4) is 5.75 Å². The van der Waals surface area contributed by atoms with Crippen molar-refractivity contribution in [3.05, 3.63) is 52.6 Å². The number of rotatable bonds is 7. The van der Waals surface area contributed by atoms with Crippen molar-refractivity contribution >= 4 is 38.8 Å². The highest BCUT2D eigenvalue weighted by atomic mass is 28.1. The molecule has 2 unspecified atom stereocenters. The fourth-order valence-corrected chi connectivity index (χ4v) is 4.52. The first-order chi connectivity index (χ1) is 15.7. The molecular weight excluding hydrogens is 434 g/mol. The molecule has 3 amide bonds. The van der Waals surface area contributed by atoms with Gasteiger partial charge < -0.3 is 20.7 Å². The van der Waals surface area contributed by atoms with Gasteiger partial charge >= 0.3 is 0 Å². The number of hydrogen-bond donors (Lipinski definition) is 3. The van der Waals surface area contributed by atoms with E-state index in [1.54, 1.807) is 31.4 Å². The van der Waals surface area contributed by atoms with Crippen LogP contribution in [0.5, 0.6) is 5.75 Å². The van der Waals surface area contributed by atoms with Crippen LogP contribution in [-0.2, 0) is 20.8 Å². The predicted octanol–water partition coefficient (Wildman–Crippen LogP) is 1.99. The van der Waals surface area contributed by atoms with Gasteiger partial charge in [0, 0.05) is 24.6 Å². The van der Waals surface area contributed by atoms with Crippen molar-refractivity contribution in [2.45, 2.75) is 46.1 Å². The summed E-state index contributed by atoms with van der Waals surface area (Å²) in [6.45, 7) is 6.58. The third kappa shape index (κ3) is 5.62. The summed E-state index contributed by atoms with van der Waals surface area (Å²) in [6, 6.07) is 8.01. The maximum atomic E-state index is 13.4. The van der Waals surface area contributed by atoms with Crippen LogP contribution in [0, 0.1) is 19.8 Å². The molecule has 7 nitrogen and oxygen atoms in total. The second-order valence-electron chi connectivity index (χ2n) is 8.32. The Balaban J connectivity index is 1.89. The second kappa shape index (κ2) is 10.7. The molecule has 173 valence electrons. The Hall–Kier alpha value is -3.13. The summed E-state index contributed by atoms with van der Waals surface area (Å²) in [7, 11) is 5.24. The van der Waals surface area contributed by atoms with E-state index in [2.05, 4.69) is 33.1 Å². The molecule has 2 atom stereocenters. The Kier molecular flexibility index (Phi) is 7.91. The first-order valence-corrected chi connectivity index (χ1v) is 11.6. The van der Waals surface area contributed by atoms with Gasteiger partial charge in [0.15, 0.2) is 0 Å². The van der Waals surface area contributed by atoms with E-state index in [1.807, 2.05) is 19.9 Å². The highest BCUT2D eigenvalue weighted by Crippen LogP contribution is 2.23. The van der Waals surface area contributed by atoms with Crippen LogP contribution in [0.25, 0.3) is 0 Å². The molecule has 1 fully saturated rings. The normalized spacial score (nSPS) is 16.5. The monoisotopic (exact) mass is 464 g/mol. The first kappa shape index (κ1) is 24.5. The number of anilines is 1. The molecule has 0 spiro atoms. The van der Waals surface area contributed by atoms with Crippen molar-refractivity contribution in [2.75, 3.05) is 19.0 Å². The molecule has 0 saturated carbocycles. The highest BCUT2D eigenvalue weighted by Gasteiger charge is 2.30. The summed E-state index contributed by atoms with van der Waals surface area (Å²) in [5.74, 6) is -0.647. The molecule has 3 N–H and O–H groups in total. The molecule has 0 bridgehead atoms. The quantitative estimate of drug-likeness (QED) is 0.546. The number of carbonyl (C=O) groups excluding carboxylic acids is 3. The van der Waals surface area contributed by atoms with Crippen LogP contribution in [0.3, 0.4) is 0 Å². The number of aryl methyl sites for hydroxylation is 1. The lowest BCUT2D eigenvalue weighted by Gasteiger charge is -2.25. The lowest BCUT2D eigenvalue weighted by atomic mass is 9.95. The van der Waals surface area contributed by atoms with Crippen LogP contribution in [-0.4, -0.2) is 41.6 Å². The largest absolute Gasteiger partial charge is 0.497 e. The predicted molar refractivity (Wildman–Crippen MR) is 129 cm³/mol. The molecule has 33 heavy (non-hydrogen) atoms. The van der Waals surface area contributed by atoms with E-state index in [-0.39, 0.29) is 24.1 Å². The standard InChI is InChI=1S/C25H30N3O4Si/c1-5-19-14(2)12-20(23(33)15(19)3)27-25(31)22(16-6-8-18(32-4)9-7-16)28-24(30)17-10-11-26-21(29)13-17/h6-9,12,17,22H,5,10-11,13H2,1-4H3,(H,26,29)(H,27,31)(H,28,30). The Bertz CT molecular complexity index is 1050. The zero-order chi connectivity index (χ0) is 24.1. The highest BCUT2D eigenvalue weighted by molar-refractivity contribution is 6.37. The zero-order valence-electron chi connectivity index (χ0n) is 19.5. The molecule has 3 radical (unpaired) electrons. The van der Waals surface area contributed by atoms with E-state index < -0.39 is 12.0 Å². The number of methoxy groups -OCH3 is 1. The van der Waals surface area contributed by atoms with Crippen LogP contribution in [0.1, 0.15) is 48.1 Å². The van der Waals surface area contributed by atoms with Gasteiger partial charge in [-0.1, -0.05) is 19.1 Å². The number of amides is 3. The third-order valence-corrected chi connectivity index (χ3v) is 6.81. The summed E-state index contributed by atoms with van der Waals surface area (Å²) < 4.78 is 5.22. The van der Waals surface area contributed by atoms with Crippen LogP contribution in [0.2, 0.25) is 0 Å². The molecule has 1 aliphatic heterocycles. The average molecular weight is 465 g/mol. The molecule has 3 rings (SSSR count). The van der Waals surface area contributed by atoms with Gasteiger partial charge in [-0.05, 0) is 72.3 Å². The summed E-state index contributed by atoms with van der Waals surface area (Å²) in [6.07, 6.45) is 1.55. The van der Waals surface area contributed by atoms with Crippen molar-refractivity contribution in [2.24, 2.45) is 5.92 Å². The van der Waals surface area contributed by atoms with Gasteiger partial charge in [0.05, 0.1) is 17.4 Å². The van der Waals surface area contributed by atoms with Crippen LogP contribution < -0.4 is 25.9 Å². The van der Waals surface area contributed by atoms with E-state index in [0.717, 1.165) is 22.7 Å². The first-order valence-electron chi connectivity index (χ1n) is 11.1. The summed E-state index contributed by atoms with van der Waals surface area (Å²) in [5.41, 5.74) is 4.66. The minimum absolute atomic E-state index is 0.116. The minimum Gasteiger partial charge on any atom is -0.497 e. The molecular formula is C25H30N3O4Si. The number of piperidine rings is 1. The van der Waals surface area contributed by atoms with Crippen molar-refractivity contribution in [1.82, 2.24) is 10.6 Å². The maximum absolute atomic E-state index is 13.4. The van der Waals surface area contributed by atoms with Crippen molar-refractivity contribution in [3.63, 3.8) is 0 Å². The fraction of sp³-hybridized carbons (Fsp3) is 0.400.